The number of aromatic nitrogens is 1. The summed E-state index contributed by atoms with van der Waals surface area (Å²) < 4.78 is 0. The minimum absolute atomic E-state index is 0.308. The van der Waals surface area contributed by atoms with Crippen LogP contribution in [0.15, 0.2) is 48.6 Å². The summed E-state index contributed by atoms with van der Waals surface area (Å²) in [5.41, 5.74) is 7.04. The highest BCUT2D eigenvalue weighted by Crippen LogP contribution is 2.20. The number of amides is 1. The number of hydrogen-bond acceptors (Lipinski definition) is 3. The van der Waals surface area contributed by atoms with E-state index in [-0.39, 0.29) is 5.91 Å². The molecule has 5 nitrogen and oxygen atoms in total. The Labute approximate surface area is 144 Å². The van der Waals surface area contributed by atoms with E-state index in [2.05, 4.69) is 15.6 Å². The number of hydrogen-bond donors (Lipinski definition) is 4. The van der Waals surface area contributed by atoms with Crippen LogP contribution in [-0.4, -0.2) is 16.4 Å². The third kappa shape index (κ3) is 4.68. The number of carbonyl (C=O) groups excluding carboxylic acids is 1. The smallest absolute Gasteiger partial charge is 0.252 e. The lowest BCUT2D eigenvalue weighted by Gasteiger charge is -2.27. The van der Waals surface area contributed by atoms with Crippen LogP contribution in [0, 0.1) is 0 Å². The van der Waals surface area contributed by atoms with Crippen LogP contribution in [0.25, 0.3) is 0 Å². The van der Waals surface area contributed by atoms with Gasteiger partial charge >= 0.3 is 0 Å². The largest absolute Gasteiger partial charge is 0.399 e. The molecular formula is C16H18Cl2N4O. The van der Waals surface area contributed by atoms with Crippen molar-refractivity contribution in [2.45, 2.75) is 19.4 Å². The van der Waals surface area contributed by atoms with Gasteiger partial charge in [-0.2, -0.15) is 0 Å². The molecule has 1 aromatic heterocycles. The Kier molecular flexibility index (Phi) is 5.23. The molecular weight excluding hydrogens is 335 g/mol. The Bertz CT molecular complexity index is 703. The highest BCUT2D eigenvalue weighted by atomic mass is 35.5. The van der Waals surface area contributed by atoms with E-state index in [9.17, 15) is 4.79 Å². The minimum atomic E-state index is -0.755. The van der Waals surface area contributed by atoms with E-state index in [1.165, 1.54) is 0 Å². The number of nitrogens with two attached hydrogens (primary N) is 1. The Hall–Kier alpha value is -2.11. The van der Waals surface area contributed by atoms with Gasteiger partial charge in [0.1, 0.15) is 0 Å². The average molecular weight is 353 g/mol. The van der Waals surface area contributed by atoms with Crippen LogP contribution in [0.2, 0.25) is 10.0 Å². The fourth-order valence-corrected chi connectivity index (χ4v) is 2.39. The predicted octanol–water partition coefficient (Wildman–Crippen LogP) is 3.74. The zero-order valence-corrected chi connectivity index (χ0v) is 14.3. The van der Waals surface area contributed by atoms with Gasteiger partial charge in [0.05, 0.1) is 11.2 Å². The second-order valence-corrected chi connectivity index (χ2v) is 6.45. The maximum Gasteiger partial charge on any atom is 0.252 e. The molecule has 0 saturated carbocycles. The molecule has 0 radical (unpaired) electrons. The van der Waals surface area contributed by atoms with Gasteiger partial charge in [-0.25, -0.2) is 0 Å². The van der Waals surface area contributed by atoms with Gasteiger partial charge < -0.3 is 21.4 Å². The number of nitrogens with one attached hydrogen (secondary N) is 3. The summed E-state index contributed by atoms with van der Waals surface area (Å²) in [6.07, 6.45) is 5.24. The second-order valence-electron chi connectivity index (χ2n) is 5.58. The number of anilines is 1. The molecule has 2 rings (SSSR count). The van der Waals surface area contributed by atoms with Crippen LogP contribution in [-0.2, 0) is 0 Å². The molecule has 1 heterocycles. The normalized spacial score (nSPS) is 12.1. The zero-order chi connectivity index (χ0) is 17.0. The van der Waals surface area contributed by atoms with Gasteiger partial charge in [0.25, 0.3) is 5.91 Å². The van der Waals surface area contributed by atoms with Crippen molar-refractivity contribution in [3.63, 3.8) is 0 Å². The lowest BCUT2D eigenvalue weighted by molar-refractivity contribution is 0.0923. The number of carbonyl (C=O) groups is 1. The molecule has 122 valence electrons. The SMILES string of the molecule is CC(C)(NC(=O)c1cc(Cl)cc(Cl)c1)/C(N)=C/Nc1cc[nH]c1. The van der Waals surface area contributed by atoms with Crippen LogP contribution in [0.4, 0.5) is 5.69 Å². The van der Waals surface area contributed by atoms with E-state index in [1.54, 1.807) is 36.8 Å². The minimum Gasteiger partial charge on any atom is -0.399 e. The lowest BCUT2D eigenvalue weighted by atomic mass is 10.0. The third-order valence-corrected chi connectivity index (χ3v) is 3.70. The molecule has 0 fully saturated rings. The maximum absolute atomic E-state index is 12.4. The molecule has 0 saturated heterocycles. The molecule has 1 amide bonds. The Morgan fingerprint density at radius 3 is 2.48 bits per heavy atom. The number of benzene rings is 1. The van der Waals surface area contributed by atoms with Crippen molar-refractivity contribution in [1.82, 2.24) is 10.3 Å². The van der Waals surface area contributed by atoms with Gasteiger partial charge in [0, 0.05) is 39.9 Å². The molecule has 0 unspecified atom stereocenters. The van der Waals surface area contributed by atoms with E-state index in [0.29, 0.717) is 21.3 Å². The first-order valence-corrected chi connectivity index (χ1v) is 7.67. The summed E-state index contributed by atoms with van der Waals surface area (Å²) >= 11 is 11.8. The summed E-state index contributed by atoms with van der Waals surface area (Å²) in [4.78, 5) is 15.3. The summed E-state index contributed by atoms with van der Waals surface area (Å²) in [6.45, 7) is 3.61. The van der Waals surface area contributed by atoms with E-state index in [0.717, 1.165) is 5.69 Å². The van der Waals surface area contributed by atoms with Crippen molar-refractivity contribution in [1.29, 1.82) is 0 Å². The summed E-state index contributed by atoms with van der Waals surface area (Å²) in [6, 6.07) is 6.54. The van der Waals surface area contributed by atoms with Gasteiger partial charge in [0.2, 0.25) is 0 Å². The van der Waals surface area contributed by atoms with Crippen molar-refractivity contribution >= 4 is 34.8 Å². The fourth-order valence-electron chi connectivity index (χ4n) is 1.87. The van der Waals surface area contributed by atoms with Crippen LogP contribution in [0.5, 0.6) is 0 Å². The van der Waals surface area contributed by atoms with Gasteiger partial charge in [-0.3, -0.25) is 4.79 Å². The summed E-state index contributed by atoms with van der Waals surface area (Å²) in [5, 5.41) is 6.71. The average Bonchev–Trinajstić information content (AvgIpc) is 2.96. The molecule has 0 bridgehead atoms. The number of H-pyrrole nitrogens is 1. The van der Waals surface area contributed by atoms with E-state index in [1.807, 2.05) is 19.9 Å². The third-order valence-electron chi connectivity index (χ3n) is 3.26. The van der Waals surface area contributed by atoms with Crippen LogP contribution < -0.4 is 16.4 Å². The number of aromatic amines is 1. The standard InChI is InChI=1S/C16H18Cl2N4O/c1-16(2,14(19)9-21-13-3-4-20-8-13)22-15(23)10-5-11(17)7-12(18)6-10/h3-9,20-21H,19H2,1-2H3,(H,22,23)/b14-9-. The molecule has 1 aromatic carbocycles. The highest BCUT2D eigenvalue weighted by molar-refractivity contribution is 6.35. The van der Waals surface area contributed by atoms with Crippen molar-refractivity contribution in [2.24, 2.45) is 5.73 Å². The first-order chi connectivity index (χ1) is 10.8. The van der Waals surface area contributed by atoms with Gasteiger partial charge in [0.15, 0.2) is 0 Å². The first-order valence-electron chi connectivity index (χ1n) is 6.92. The van der Waals surface area contributed by atoms with Crippen molar-refractivity contribution in [2.75, 3.05) is 5.32 Å². The molecule has 7 heteroatoms. The molecule has 0 aliphatic carbocycles. The van der Waals surface area contributed by atoms with E-state index in [4.69, 9.17) is 28.9 Å². The number of halogens is 2. The maximum atomic E-state index is 12.4. The predicted molar refractivity (Wildman–Crippen MR) is 94.7 cm³/mol. The zero-order valence-electron chi connectivity index (χ0n) is 12.8. The van der Waals surface area contributed by atoms with E-state index >= 15 is 0 Å². The van der Waals surface area contributed by atoms with E-state index < -0.39 is 5.54 Å². The molecule has 23 heavy (non-hydrogen) atoms. The van der Waals surface area contributed by atoms with Crippen molar-refractivity contribution in [3.05, 3.63) is 64.2 Å². The molecule has 5 N–H and O–H groups in total. The first kappa shape index (κ1) is 17.2. The lowest BCUT2D eigenvalue weighted by Crippen LogP contribution is -2.47. The molecule has 0 spiro atoms. The second kappa shape index (κ2) is 6.98. The van der Waals surface area contributed by atoms with Crippen LogP contribution >= 0.6 is 23.2 Å². The Morgan fingerprint density at radius 1 is 1.26 bits per heavy atom. The number of rotatable bonds is 5. The van der Waals surface area contributed by atoms with Crippen molar-refractivity contribution in [3.8, 4) is 0 Å². The Balaban J connectivity index is 2.09. The quantitative estimate of drug-likeness (QED) is 0.661. The van der Waals surface area contributed by atoms with Crippen molar-refractivity contribution < 1.29 is 4.79 Å². The topological polar surface area (TPSA) is 82.9 Å². The van der Waals surface area contributed by atoms with Gasteiger partial charge in [-0.05, 0) is 38.1 Å². The molecule has 0 aliphatic rings. The molecule has 2 aromatic rings. The van der Waals surface area contributed by atoms with Gasteiger partial charge in [-0.15, -0.1) is 0 Å². The summed E-state index contributed by atoms with van der Waals surface area (Å²) in [5.74, 6) is -0.308. The molecule has 0 atom stereocenters. The highest BCUT2D eigenvalue weighted by Gasteiger charge is 2.24. The Morgan fingerprint density at radius 2 is 1.91 bits per heavy atom. The summed E-state index contributed by atoms with van der Waals surface area (Å²) in [7, 11) is 0. The molecule has 0 aliphatic heterocycles. The van der Waals surface area contributed by atoms with Gasteiger partial charge in [-0.1, -0.05) is 23.2 Å². The monoisotopic (exact) mass is 352 g/mol. The van der Waals surface area contributed by atoms with Crippen LogP contribution in [0.3, 0.4) is 0 Å². The fraction of sp³-hybridized carbons (Fsp3) is 0.188. The van der Waals surface area contributed by atoms with Crippen LogP contribution in [0.1, 0.15) is 24.2 Å².